The predicted octanol–water partition coefficient (Wildman–Crippen LogP) is 3.96. The molecule has 1 aromatic rings. The molecule has 5 nitrogen and oxygen atoms in total. The maximum atomic E-state index is 12.6. The number of aryl methyl sites for hydroxylation is 1. The van der Waals surface area contributed by atoms with Gasteiger partial charge in [0.2, 0.25) is 5.88 Å². The SMILES string of the molecule is CCCOc1ncc(NC(=O)[C@@](C)(CC(C)C)OCC)cc1C. The number of hydrogen-bond acceptors (Lipinski definition) is 4. The Morgan fingerprint density at radius 2 is 2.09 bits per heavy atom. The van der Waals surface area contributed by atoms with Crippen molar-refractivity contribution >= 4 is 11.6 Å². The number of rotatable bonds is 9. The average molecular weight is 322 g/mol. The number of hydrogen-bond donors (Lipinski definition) is 1. The lowest BCUT2D eigenvalue weighted by atomic mass is 9.93. The Hall–Kier alpha value is -1.62. The summed E-state index contributed by atoms with van der Waals surface area (Å²) in [6.45, 7) is 13.0. The van der Waals surface area contributed by atoms with Gasteiger partial charge in [0.15, 0.2) is 0 Å². The molecule has 1 aromatic heterocycles. The minimum atomic E-state index is -0.839. The predicted molar refractivity (Wildman–Crippen MR) is 92.9 cm³/mol. The Bertz CT molecular complexity index is 517. The van der Waals surface area contributed by atoms with Gasteiger partial charge in [-0.3, -0.25) is 4.79 Å². The molecule has 1 amide bonds. The molecule has 0 aliphatic heterocycles. The summed E-state index contributed by atoms with van der Waals surface area (Å²) >= 11 is 0. The molecule has 1 heterocycles. The van der Waals surface area contributed by atoms with E-state index in [0.717, 1.165) is 12.0 Å². The van der Waals surface area contributed by atoms with Crippen LogP contribution < -0.4 is 10.1 Å². The maximum Gasteiger partial charge on any atom is 0.256 e. The molecule has 23 heavy (non-hydrogen) atoms. The van der Waals surface area contributed by atoms with Crippen LogP contribution in [0.5, 0.6) is 5.88 Å². The zero-order chi connectivity index (χ0) is 17.5. The number of pyridine rings is 1. The van der Waals surface area contributed by atoms with Crippen LogP contribution in [0.25, 0.3) is 0 Å². The van der Waals surface area contributed by atoms with Gasteiger partial charge < -0.3 is 14.8 Å². The third-order valence-electron chi connectivity index (χ3n) is 3.47. The van der Waals surface area contributed by atoms with Gasteiger partial charge in [-0.15, -0.1) is 0 Å². The molecule has 0 saturated heterocycles. The second-order valence-corrected chi connectivity index (χ2v) is 6.41. The molecule has 0 aromatic carbocycles. The van der Waals surface area contributed by atoms with Crippen LogP contribution in [0.1, 0.15) is 53.0 Å². The van der Waals surface area contributed by atoms with E-state index in [4.69, 9.17) is 9.47 Å². The van der Waals surface area contributed by atoms with Crippen molar-refractivity contribution in [1.82, 2.24) is 4.98 Å². The Labute approximate surface area is 139 Å². The fourth-order valence-corrected chi connectivity index (χ4v) is 2.56. The van der Waals surface area contributed by atoms with Gasteiger partial charge in [-0.05, 0) is 45.6 Å². The summed E-state index contributed by atoms with van der Waals surface area (Å²) in [5, 5.41) is 2.91. The molecule has 0 bridgehead atoms. The normalized spacial score (nSPS) is 13.7. The second kappa shape index (κ2) is 8.87. The van der Waals surface area contributed by atoms with Crippen molar-refractivity contribution in [1.29, 1.82) is 0 Å². The molecule has 1 rings (SSSR count). The third-order valence-corrected chi connectivity index (χ3v) is 3.47. The average Bonchev–Trinajstić information content (AvgIpc) is 2.45. The van der Waals surface area contributed by atoms with Gasteiger partial charge in [0.1, 0.15) is 5.60 Å². The standard InChI is InChI=1S/C18H30N2O3/c1-7-9-22-16-14(5)10-15(12-19-16)20-17(21)18(6,23-8-2)11-13(3)4/h10,12-13H,7-9,11H2,1-6H3,(H,20,21)/t18-/m1/s1. The number of nitrogens with zero attached hydrogens (tertiary/aromatic N) is 1. The zero-order valence-electron chi connectivity index (χ0n) is 15.2. The van der Waals surface area contributed by atoms with Crippen LogP contribution in [0.3, 0.4) is 0 Å². The summed E-state index contributed by atoms with van der Waals surface area (Å²) in [5.41, 5.74) is 0.720. The van der Waals surface area contributed by atoms with Crippen LogP contribution in [0.4, 0.5) is 5.69 Å². The molecule has 1 atom stereocenters. The fraction of sp³-hybridized carbons (Fsp3) is 0.667. The number of aromatic nitrogens is 1. The van der Waals surface area contributed by atoms with Gasteiger partial charge in [0.25, 0.3) is 5.91 Å². The highest BCUT2D eigenvalue weighted by Crippen LogP contribution is 2.24. The number of nitrogens with one attached hydrogen (secondary N) is 1. The summed E-state index contributed by atoms with van der Waals surface area (Å²) in [6, 6.07) is 1.87. The first-order valence-corrected chi connectivity index (χ1v) is 8.37. The van der Waals surface area contributed by atoms with E-state index in [1.54, 1.807) is 6.20 Å². The smallest absolute Gasteiger partial charge is 0.256 e. The van der Waals surface area contributed by atoms with Crippen molar-refractivity contribution in [3.63, 3.8) is 0 Å². The Balaban J connectivity index is 2.84. The highest BCUT2D eigenvalue weighted by atomic mass is 16.5. The lowest BCUT2D eigenvalue weighted by Gasteiger charge is -2.29. The lowest BCUT2D eigenvalue weighted by Crippen LogP contribution is -2.44. The van der Waals surface area contributed by atoms with Crippen molar-refractivity contribution in [3.8, 4) is 5.88 Å². The summed E-state index contributed by atoms with van der Waals surface area (Å²) in [4.78, 5) is 16.9. The van der Waals surface area contributed by atoms with Crippen molar-refractivity contribution < 1.29 is 14.3 Å². The van der Waals surface area contributed by atoms with Crippen LogP contribution in [0.2, 0.25) is 0 Å². The molecule has 0 radical (unpaired) electrons. The van der Waals surface area contributed by atoms with Gasteiger partial charge in [0, 0.05) is 12.2 Å². The van der Waals surface area contributed by atoms with E-state index >= 15 is 0 Å². The van der Waals surface area contributed by atoms with Gasteiger partial charge in [0.05, 0.1) is 18.5 Å². The van der Waals surface area contributed by atoms with Crippen molar-refractivity contribution in [2.75, 3.05) is 18.5 Å². The lowest BCUT2D eigenvalue weighted by molar-refractivity contribution is -0.140. The number of carbonyl (C=O) groups excluding carboxylic acids is 1. The molecule has 0 fully saturated rings. The molecular weight excluding hydrogens is 292 g/mol. The van der Waals surface area contributed by atoms with Crippen LogP contribution in [0, 0.1) is 12.8 Å². The number of ether oxygens (including phenoxy) is 2. The van der Waals surface area contributed by atoms with E-state index < -0.39 is 5.60 Å². The minimum absolute atomic E-state index is 0.142. The van der Waals surface area contributed by atoms with Gasteiger partial charge in [-0.25, -0.2) is 4.98 Å². The molecule has 0 unspecified atom stereocenters. The second-order valence-electron chi connectivity index (χ2n) is 6.41. The van der Waals surface area contributed by atoms with E-state index in [0.29, 0.717) is 37.1 Å². The van der Waals surface area contributed by atoms with E-state index in [9.17, 15) is 4.79 Å². The zero-order valence-corrected chi connectivity index (χ0v) is 15.2. The van der Waals surface area contributed by atoms with E-state index in [-0.39, 0.29) is 5.91 Å². The molecule has 0 saturated carbocycles. The summed E-state index contributed by atoms with van der Waals surface area (Å²) in [6.07, 6.45) is 3.22. The van der Waals surface area contributed by atoms with Crippen LogP contribution >= 0.6 is 0 Å². The van der Waals surface area contributed by atoms with Gasteiger partial charge >= 0.3 is 0 Å². The van der Waals surface area contributed by atoms with Gasteiger partial charge in [-0.1, -0.05) is 20.8 Å². The number of amides is 1. The van der Waals surface area contributed by atoms with Crippen LogP contribution in [0.15, 0.2) is 12.3 Å². The first-order chi connectivity index (χ1) is 10.8. The maximum absolute atomic E-state index is 12.6. The highest BCUT2D eigenvalue weighted by molar-refractivity contribution is 5.97. The summed E-state index contributed by atoms with van der Waals surface area (Å²) in [5.74, 6) is 0.832. The third kappa shape index (κ3) is 5.82. The molecule has 1 N–H and O–H groups in total. The monoisotopic (exact) mass is 322 g/mol. The first-order valence-electron chi connectivity index (χ1n) is 8.37. The topological polar surface area (TPSA) is 60.5 Å². The highest BCUT2D eigenvalue weighted by Gasteiger charge is 2.34. The number of carbonyl (C=O) groups is 1. The summed E-state index contributed by atoms with van der Waals surface area (Å²) in [7, 11) is 0. The Morgan fingerprint density at radius 1 is 1.39 bits per heavy atom. The van der Waals surface area contributed by atoms with Crippen LogP contribution in [-0.4, -0.2) is 29.7 Å². The molecular formula is C18H30N2O3. The fourth-order valence-electron chi connectivity index (χ4n) is 2.56. The van der Waals surface area contributed by atoms with Crippen molar-refractivity contribution in [2.24, 2.45) is 5.92 Å². The minimum Gasteiger partial charge on any atom is -0.477 e. The Morgan fingerprint density at radius 3 is 2.61 bits per heavy atom. The van der Waals surface area contributed by atoms with Crippen molar-refractivity contribution in [3.05, 3.63) is 17.8 Å². The molecule has 0 aliphatic rings. The first kappa shape index (κ1) is 19.4. The van der Waals surface area contributed by atoms with Gasteiger partial charge in [-0.2, -0.15) is 0 Å². The van der Waals surface area contributed by atoms with E-state index in [2.05, 4.69) is 24.1 Å². The number of anilines is 1. The molecule has 0 spiro atoms. The molecule has 130 valence electrons. The molecule has 5 heteroatoms. The van der Waals surface area contributed by atoms with Crippen LogP contribution in [-0.2, 0) is 9.53 Å². The Kier molecular flexibility index (Phi) is 7.49. The van der Waals surface area contributed by atoms with E-state index in [1.165, 1.54) is 0 Å². The largest absolute Gasteiger partial charge is 0.477 e. The van der Waals surface area contributed by atoms with Crippen molar-refractivity contribution in [2.45, 2.75) is 60.0 Å². The van der Waals surface area contributed by atoms with E-state index in [1.807, 2.05) is 33.8 Å². The molecule has 0 aliphatic carbocycles. The quantitative estimate of drug-likeness (QED) is 0.747. The summed E-state index contributed by atoms with van der Waals surface area (Å²) < 4.78 is 11.3.